The van der Waals surface area contributed by atoms with E-state index in [0.29, 0.717) is 24.6 Å². The zero-order valence-electron chi connectivity index (χ0n) is 15.5. The SMILES string of the molecule is CCc1cc(=O)[nH]c(-c2ccc(NC3CCN(c4ncccc4F)C3)nc2)n1. The van der Waals surface area contributed by atoms with Crippen LogP contribution in [0.3, 0.4) is 0 Å². The Morgan fingerprint density at radius 3 is 2.96 bits per heavy atom. The van der Waals surface area contributed by atoms with Crippen molar-refractivity contribution in [2.75, 3.05) is 23.3 Å². The van der Waals surface area contributed by atoms with Crippen LogP contribution in [0.15, 0.2) is 47.5 Å². The number of aryl methyl sites for hydroxylation is 1. The van der Waals surface area contributed by atoms with Gasteiger partial charge in [0.05, 0.1) is 0 Å². The largest absolute Gasteiger partial charge is 0.365 e. The first-order valence-electron chi connectivity index (χ1n) is 9.31. The highest BCUT2D eigenvalue weighted by atomic mass is 19.1. The van der Waals surface area contributed by atoms with Gasteiger partial charge in [-0.2, -0.15) is 0 Å². The molecule has 0 aromatic carbocycles. The second kappa shape index (κ2) is 7.75. The molecule has 0 radical (unpaired) electrons. The van der Waals surface area contributed by atoms with Crippen molar-refractivity contribution in [3.05, 3.63) is 64.6 Å². The zero-order valence-corrected chi connectivity index (χ0v) is 15.5. The summed E-state index contributed by atoms with van der Waals surface area (Å²) < 4.78 is 13.9. The second-order valence-corrected chi connectivity index (χ2v) is 6.76. The third-order valence-corrected chi connectivity index (χ3v) is 4.77. The predicted octanol–water partition coefficient (Wildman–Crippen LogP) is 2.62. The van der Waals surface area contributed by atoms with E-state index in [0.717, 1.165) is 30.0 Å². The summed E-state index contributed by atoms with van der Waals surface area (Å²) in [6.45, 7) is 3.35. The molecule has 28 heavy (non-hydrogen) atoms. The fraction of sp³-hybridized carbons (Fsp3) is 0.300. The predicted molar refractivity (Wildman–Crippen MR) is 106 cm³/mol. The standard InChI is InChI=1S/C20H21FN6O/c1-2-14-10-18(28)26-19(25-14)13-5-6-17(23-11-13)24-15-7-9-27(12-15)20-16(21)4-3-8-22-20/h3-6,8,10-11,15H,2,7,9,12H2,1H3,(H,23,24)(H,25,26,28). The van der Waals surface area contributed by atoms with Gasteiger partial charge in [-0.25, -0.2) is 19.3 Å². The molecule has 1 saturated heterocycles. The Labute approximate surface area is 161 Å². The molecule has 0 bridgehead atoms. The summed E-state index contributed by atoms with van der Waals surface area (Å²) in [6.07, 6.45) is 4.85. The van der Waals surface area contributed by atoms with Crippen molar-refractivity contribution in [1.82, 2.24) is 19.9 Å². The van der Waals surface area contributed by atoms with Crippen LogP contribution >= 0.6 is 0 Å². The van der Waals surface area contributed by atoms with Gasteiger partial charge in [-0.3, -0.25) is 4.79 Å². The average Bonchev–Trinajstić information content (AvgIpc) is 3.16. The van der Waals surface area contributed by atoms with Crippen molar-refractivity contribution in [2.24, 2.45) is 0 Å². The second-order valence-electron chi connectivity index (χ2n) is 6.76. The Morgan fingerprint density at radius 2 is 2.21 bits per heavy atom. The van der Waals surface area contributed by atoms with E-state index in [9.17, 15) is 9.18 Å². The normalized spacial score (nSPS) is 16.4. The van der Waals surface area contributed by atoms with Gasteiger partial charge in [0.15, 0.2) is 11.6 Å². The molecular weight excluding hydrogens is 359 g/mol. The van der Waals surface area contributed by atoms with Crippen LogP contribution in [0.5, 0.6) is 0 Å². The van der Waals surface area contributed by atoms with Crippen molar-refractivity contribution < 1.29 is 4.39 Å². The summed E-state index contributed by atoms with van der Waals surface area (Å²) in [6, 6.07) is 8.41. The van der Waals surface area contributed by atoms with Gasteiger partial charge >= 0.3 is 0 Å². The van der Waals surface area contributed by atoms with Gasteiger partial charge in [0.25, 0.3) is 5.56 Å². The summed E-state index contributed by atoms with van der Waals surface area (Å²) in [4.78, 5) is 29.4. The van der Waals surface area contributed by atoms with Crippen LogP contribution in [-0.4, -0.2) is 39.1 Å². The maximum atomic E-state index is 13.9. The van der Waals surface area contributed by atoms with Crippen molar-refractivity contribution in [3.8, 4) is 11.4 Å². The van der Waals surface area contributed by atoms with Gasteiger partial charge in [-0.05, 0) is 37.1 Å². The van der Waals surface area contributed by atoms with Gasteiger partial charge in [0.1, 0.15) is 11.6 Å². The van der Waals surface area contributed by atoms with Gasteiger partial charge in [0.2, 0.25) is 0 Å². The summed E-state index contributed by atoms with van der Waals surface area (Å²) in [5.41, 5.74) is 1.33. The first-order chi connectivity index (χ1) is 13.6. The molecule has 1 aliphatic heterocycles. The summed E-state index contributed by atoms with van der Waals surface area (Å²) in [7, 11) is 0. The number of H-pyrrole nitrogens is 1. The molecule has 144 valence electrons. The number of rotatable bonds is 5. The molecule has 4 heterocycles. The van der Waals surface area contributed by atoms with Crippen molar-refractivity contribution in [2.45, 2.75) is 25.8 Å². The minimum atomic E-state index is -0.304. The Kier molecular flexibility index (Phi) is 5.01. The average molecular weight is 380 g/mol. The topological polar surface area (TPSA) is 86.8 Å². The molecule has 0 amide bonds. The summed E-state index contributed by atoms with van der Waals surface area (Å²) >= 11 is 0. The monoisotopic (exact) mass is 380 g/mol. The minimum Gasteiger partial charge on any atom is -0.365 e. The number of aromatic amines is 1. The molecule has 1 fully saturated rings. The van der Waals surface area contributed by atoms with E-state index < -0.39 is 0 Å². The van der Waals surface area contributed by atoms with E-state index in [2.05, 4.69) is 25.3 Å². The number of anilines is 2. The van der Waals surface area contributed by atoms with E-state index in [1.54, 1.807) is 18.5 Å². The number of halogens is 1. The Hall–Kier alpha value is -3.29. The Balaban J connectivity index is 1.44. The lowest BCUT2D eigenvalue weighted by Crippen LogP contribution is -2.27. The Bertz CT molecular complexity index is 1020. The molecule has 8 heteroatoms. The minimum absolute atomic E-state index is 0.154. The third kappa shape index (κ3) is 3.85. The fourth-order valence-corrected chi connectivity index (χ4v) is 3.33. The van der Waals surface area contributed by atoms with Crippen LogP contribution in [0.2, 0.25) is 0 Å². The maximum absolute atomic E-state index is 13.9. The van der Waals surface area contributed by atoms with Crippen LogP contribution < -0.4 is 15.8 Å². The molecule has 2 N–H and O–H groups in total. The first-order valence-corrected chi connectivity index (χ1v) is 9.31. The number of hydrogen-bond acceptors (Lipinski definition) is 6. The van der Waals surface area contributed by atoms with E-state index in [1.165, 1.54) is 12.1 Å². The highest BCUT2D eigenvalue weighted by Crippen LogP contribution is 2.23. The number of pyridine rings is 2. The molecule has 0 saturated carbocycles. The quantitative estimate of drug-likeness (QED) is 0.708. The van der Waals surface area contributed by atoms with E-state index in [1.807, 2.05) is 24.0 Å². The van der Waals surface area contributed by atoms with E-state index in [-0.39, 0.29) is 17.4 Å². The number of nitrogens with one attached hydrogen (secondary N) is 2. The van der Waals surface area contributed by atoms with Gasteiger partial charge in [0, 0.05) is 48.8 Å². The number of nitrogens with zero attached hydrogens (tertiary/aromatic N) is 4. The molecule has 0 spiro atoms. The molecule has 3 aromatic heterocycles. The molecule has 3 aromatic rings. The third-order valence-electron chi connectivity index (χ3n) is 4.77. The van der Waals surface area contributed by atoms with E-state index >= 15 is 0 Å². The van der Waals surface area contributed by atoms with Crippen LogP contribution in [0.25, 0.3) is 11.4 Å². The lowest BCUT2D eigenvalue weighted by molar-refractivity contribution is 0.615. The Morgan fingerprint density at radius 1 is 1.32 bits per heavy atom. The molecular formula is C20H21FN6O. The molecule has 7 nitrogen and oxygen atoms in total. The van der Waals surface area contributed by atoms with Crippen molar-refractivity contribution in [3.63, 3.8) is 0 Å². The highest BCUT2D eigenvalue weighted by molar-refractivity contribution is 5.56. The molecule has 1 atom stereocenters. The number of aromatic nitrogens is 4. The lowest BCUT2D eigenvalue weighted by Gasteiger charge is -2.18. The van der Waals surface area contributed by atoms with E-state index in [4.69, 9.17) is 0 Å². The smallest absolute Gasteiger partial charge is 0.251 e. The van der Waals surface area contributed by atoms with Crippen LogP contribution in [0, 0.1) is 5.82 Å². The van der Waals surface area contributed by atoms with Crippen LogP contribution in [0.1, 0.15) is 19.0 Å². The van der Waals surface area contributed by atoms with Crippen LogP contribution in [0.4, 0.5) is 16.0 Å². The molecule has 4 rings (SSSR count). The highest BCUT2D eigenvalue weighted by Gasteiger charge is 2.25. The zero-order chi connectivity index (χ0) is 19.5. The lowest BCUT2D eigenvalue weighted by atomic mass is 10.2. The summed E-state index contributed by atoms with van der Waals surface area (Å²) in [5, 5.41) is 3.38. The first kappa shape index (κ1) is 18.1. The maximum Gasteiger partial charge on any atom is 0.251 e. The fourth-order valence-electron chi connectivity index (χ4n) is 3.33. The van der Waals surface area contributed by atoms with Gasteiger partial charge in [-0.15, -0.1) is 0 Å². The van der Waals surface area contributed by atoms with Crippen LogP contribution in [-0.2, 0) is 6.42 Å². The molecule has 0 aliphatic carbocycles. The van der Waals surface area contributed by atoms with Crippen molar-refractivity contribution in [1.29, 1.82) is 0 Å². The van der Waals surface area contributed by atoms with Gasteiger partial charge < -0.3 is 15.2 Å². The summed E-state index contributed by atoms with van der Waals surface area (Å²) in [5.74, 6) is 1.33. The number of hydrogen-bond donors (Lipinski definition) is 2. The molecule has 1 aliphatic rings. The van der Waals surface area contributed by atoms with Crippen molar-refractivity contribution >= 4 is 11.6 Å². The molecule has 1 unspecified atom stereocenters. The van der Waals surface area contributed by atoms with Gasteiger partial charge in [-0.1, -0.05) is 6.92 Å².